The molecule has 30 heavy (non-hydrogen) atoms. The van der Waals surface area contributed by atoms with Crippen molar-refractivity contribution in [3.63, 3.8) is 0 Å². The van der Waals surface area contributed by atoms with E-state index in [0.717, 1.165) is 34.7 Å². The molecular formula is C23H25N3O4. The monoisotopic (exact) mass is 407 g/mol. The minimum Gasteiger partial charge on any atom is -0.497 e. The Bertz CT molecular complexity index is 1000. The fourth-order valence-electron chi connectivity index (χ4n) is 4.13. The summed E-state index contributed by atoms with van der Waals surface area (Å²) in [4.78, 5) is 40.4. The number of rotatable bonds is 5. The number of hydrogen-bond donors (Lipinski definition) is 1. The van der Waals surface area contributed by atoms with Crippen molar-refractivity contribution in [2.45, 2.75) is 26.3 Å². The number of nitrogens with one attached hydrogen (secondary N) is 1. The number of amides is 3. The van der Waals surface area contributed by atoms with Crippen LogP contribution in [0.2, 0.25) is 0 Å². The Morgan fingerprint density at radius 2 is 2.03 bits per heavy atom. The van der Waals surface area contributed by atoms with Gasteiger partial charge in [0.15, 0.2) is 0 Å². The van der Waals surface area contributed by atoms with Gasteiger partial charge in [0.1, 0.15) is 5.75 Å². The van der Waals surface area contributed by atoms with E-state index < -0.39 is 0 Å². The van der Waals surface area contributed by atoms with Gasteiger partial charge in [0, 0.05) is 44.4 Å². The van der Waals surface area contributed by atoms with Crippen LogP contribution in [0.1, 0.15) is 24.5 Å². The van der Waals surface area contributed by atoms with Crippen LogP contribution in [-0.2, 0) is 27.3 Å². The van der Waals surface area contributed by atoms with Crippen LogP contribution < -0.4 is 19.9 Å². The van der Waals surface area contributed by atoms with Crippen LogP contribution in [0, 0.1) is 5.92 Å². The number of carbonyl (C=O) groups is 3. The third-order valence-electron chi connectivity index (χ3n) is 5.75. The van der Waals surface area contributed by atoms with Crippen molar-refractivity contribution in [1.82, 2.24) is 5.32 Å². The predicted molar refractivity (Wildman–Crippen MR) is 113 cm³/mol. The summed E-state index contributed by atoms with van der Waals surface area (Å²) >= 11 is 0. The smallest absolute Gasteiger partial charge is 0.227 e. The zero-order valence-electron chi connectivity index (χ0n) is 17.2. The predicted octanol–water partition coefficient (Wildman–Crippen LogP) is 2.27. The molecule has 2 aromatic rings. The Morgan fingerprint density at radius 1 is 1.20 bits per heavy atom. The number of benzene rings is 2. The van der Waals surface area contributed by atoms with Crippen molar-refractivity contribution in [1.29, 1.82) is 0 Å². The van der Waals surface area contributed by atoms with Crippen LogP contribution in [0.3, 0.4) is 0 Å². The first-order valence-corrected chi connectivity index (χ1v) is 10.1. The molecule has 1 atom stereocenters. The lowest BCUT2D eigenvalue weighted by Gasteiger charge is -2.19. The normalized spacial score (nSPS) is 17.8. The van der Waals surface area contributed by atoms with Crippen LogP contribution >= 0.6 is 0 Å². The maximum absolute atomic E-state index is 12.6. The van der Waals surface area contributed by atoms with Gasteiger partial charge in [0.2, 0.25) is 17.7 Å². The summed E-state index contributed by atoms with van der Waals surface area (Å²) in [5.74, 6) is 0.191. The van der Waals surface area contributed by atoms with Gasteiger partial charge in [-0.1, -0.05) is 12.1 Å². The number of carbonyl (C=O) groups excluding carboxylic acids is 3. The minimum absolute atomic E-state index is 0.0199. The van der Waals surface area contributed by atoms with Crippen molar-refractivity contribution in [2.75, 3.05) is 30.0 Å². The highest BCUT2D eigenvalue weighted by molar-refractivity contribution is 6.01. The lowest BCUT2D eigenvalue weighted by molar-refractivity contribution is -0.126. The molecule has 0 spiro atoms. The van der Waals surface area contributed by atoms with Gasteiger partial charge in [-0.05, 0) is 47.9 Å². The van der Waals surface area contributed by atoms with Gasteiger partial charge in [-0.3, -0.25) is 14.4 Å². The first kappa shape index (κ1) is 19.9. The molecule has 3 amide bonds. The number of hydrogen-bond acceptors (Lipinski definition) is 4. The van der Waals surface area contributed by atoms with Gasteiger partial charge in [-0.2, -0.15) is 0 Å². The molecule has 1 saturated heterocycles. The first-order valence-electron chi connectivity index (χ1n) is 10.1. The second-order valence-electron chi connectivity index (χ2n) is 7.71. The molecule has 0 radical (unpaired) electrons. The van der Waals surface area contributed by atoms with Crippen LogP contribution in [0.15, 0.2) is 42.5 Å². The standard InChI is InChI=1S/C23H25N3O4/c1-15(27)25-9-8-17-11-19(6-7-21(17)25)26-14-18(12-22(26)28)23(29)24-13-16-4-3-5-20(10-16)30-2/h3-7,10-11,18H,8-9,12-14H2,1-2H3,(H,24,29). The van der Waals surface area contributed by atoms with Crippen molar-refractivity contribution in [3.05, 3.63) is 53.6 Å². The van der Waals surface area contributed by atoms with E-state index in [2.05, 4.69) is 5.32 Å². The lowest BCUT2D eigenvalue weighted by Crippen LogP contribution is -2.32. The quantitative estimate of drug-likeness (QED) is 0.825. The van der Waals surface area contributed by atoms with Crippen molar-refractivity contribution in [3.8, 4) is 5.75 Å². The SMILES string of the molecule is COc1cccc(CNC(=O)C2CC(=O)N(c3ccc4c(c3)CCN4C(C)=O)C2)c1. The third-order valence-corrected chi connectivity index (χ3v) is 5.75. The Balaban J connectivity index is 1.40. The average molecular weight is 407 g/mol. The van der Waals surface area contributed by atoms with E-state index in [1.807, 2.05) is 42.5 Å². The highest BCUT2D eigenvalue weighted by Crippen LogP contribution is 2.34. The van der Waals surface area contributed by atoms with E-state index in [4.69, 9.17) is 4.74 Å². The summed E-state index contributed by atoms with van der Waals surface area (Å²) in [6.07, 6.45) is 0.968. The van der Waals surface area contributed by atoms with Crippen LogP contribution in [-0.4, -0.2) is 37.9 Å². The molecule has 0 bridgehead atoms. The molecule has 2 aliphatic rings. The summed E-state index contributed by atoms with van der Waals surface area (Å²) in [6.45, 7) is 2.97. The van der Waals surface area contributed by atoms with Gasteiger partial charge in [0.05, 0.1) is 13.0 Å². The second kappa shape index (κ2) is 8.18. The summed E-state index contributed by atoms with van der Waals surface area (Å²) in [5, 5.41) is 2.93. The molecule has 0 saturated carbocycles. The van der Waals surface area contributed by atoms with Crippen LogP contribution in [0.5, 0.6) is 5.75 Å². The van der Waals surface area contributed by atoms with E-state index in [0.29, 0.717) is 19.6 Å². The molecule has 1 N–H and O–H groups in total. The van der Waals surface area contributed by atoms with Crippen LogP contribution in [0.25, 0.3) is 0 Å². The molecule has 7 heteroatoms. The van der Waals surface area contributed by atoms with Crippen LogP contribution in [0.4, 0.5) is 11.4 Å². The van der Waals surface area contributed by atoms with Gasteiger partial charge in [-0.15, -0.1) is 0 Å². The number of methoxy groups -OCH3 is 1. The van der Waals surface area contributed by atoms with Crippen molar-refractivity contribution < 1.29 is 19.1 Å². The van der Waals surface area contributed by atoms with Gasteiger partial charge in [0.25, 0.3) is 0 Å². The maximum Gasteiger partial charge on any atom is 0.227 e. The van der Waals surface area contributed by atoms with Gasteiger partial charge in [-0.25, -0.2) is 0 Å². The minimum atomic E-state index is -0.384. The number of anilines is 2. The second-order valence-corrected chi connectivity index (χ2v) is 7.71. The Hall–Kier alpha value is -3.35. The van der Waals surface area contributed by atoms with E-state index in [9.17, 15) is 14.4 Å². The van der Waals surface area contributed by atoms with Gasteiger partial charge >= 0.3 is 0 Å². The molecule has 4 rings (SSSR count). The third kappa shape index (κ3) is 3.87. The fraction of sp³-hybridized carbons (Fsp3) is 0.348. The Kier molecular flexibility index (Phi) is 5.44. The fourth-order valence-corrected chi connectivity index (χ4v) is 4.13. The molecule has 1 fully saturated rings. The molecular weight excluding hydrogens is 382 g/mol. The zero-order valence-corrected chi connectivity index (χ0v) is 17.2. The highest BCUT2D eigenvalue weighted by Gasteiger charge is 2.35. The largest absolute Gasteiger partial charge is 0.497 e. The topological polar surface area (TPSA) is 79.0 Å². The van der Waals surface area contributed by atoms with Gasteiger partial charge < -0.3 is 19.9 Å². The maximum atomic E-state index is 12.6. The molecule has 0 aliphatic carbocycles. The van der Waals surface area contributed by atoms with E-state index in [-0.39, 0.29) is 30.1 Å². The Morgan fingerprint density at radius 3 is 2.80 bits per heavy atom. The van der Waals surface area contributed by atoms with E-state index in [1.54, 1.807) is 23.8 Å². The number of ether oxygens (including phenoxy) is 1. The molecule has 7 nitrogen and oxygen atoms in total. The number of fused-ring (bicyclic) bond motifs is 1. The van der Waals surface area contributed by atoms with Crippen molar-refractivity contribution in [2.24, 2.45) is 5.92 Å². The average Bonchev–Trinajstić information content (AvgIpc) is 3.35. The summed E-state index contributed by atoms with van der Waals surface area (Å²) in [5.41, 5.74) is 3.69. The molecule has 1 unspecified atom stereocenters. The molecule has 2 aliphatic heterocycles. The highest BCUT2D eigenvalue weighted by atomic mass is 16.5. The molecule has 156 valence electrons. The molecule has 2 aromatic carbocycles. The Labute approximate surface area is 175 Å². The molecule has 2 heterocycles. The van der Waals surface area contributed by atoms with E-state index >= 15 is 0 Å². The summed E-state index contributed by atoms with van der Waals surface area (Å²) in [7, 11) is 1.60. The number of nitrogens with zero attached hydrogens (tertiary/aromatic N) is 2. The summed E-state index contributed by atoms with van der Waals surface area (Å²) in [6, 6.07) is 13.2. The van der Waals surface area contributed by atoms with E-state index in [1.165, 1.54) is 0 Å². The zero-order chi connectivity index (χ0) is 21.3. The lowest BCUT2D eigenvalue weighted by atomic mass is 10.1. The summed E-state index contributed by atoms with van der Waals surface area (Å²) < 4.78 is 5.20. The first-order chi connectivity index (χ1) is 14.5. The molecule has 0 aromatic heterocycles. The van der Waals surface area contributed by atoms with Crippen molar-refractivity contribution >= 4 is 29.1 Å².